The second-order valence-corrected chi connectivity index (χ2v) is 4.45. The first kappa shape index (κ1) is 13.7. The maximum Gasteiger partial charge on any atom is 0.143 e. The number of aromatic nitrogens is 4. The highest BCUT2D eigenvalue weighted by molar-refractivity contribution is 5.37. The molecule has 0 atom stereocenters. The number of benzene rings is 2. The van der Waals surface area contributed by atoms with Crippen molar-refractivity contribution in [2.24, 2.45) is 0 Å². The van der Waals surface area contributed by atoms with E-state index in [2.05, 4.69) is 15.5 Å². The summed E-state index contributed by atoms with van der Waals surface area (Å²) in [6.07, 6.45) is 1.49. The molecule has 0 aliphatic heterocycles. The van der Waals surface area contributed by atoms with Gasteiger partial charge in [0.2, 0.25) is 0 Å². The molecule has 3 rings (SSSR count). The normalized spacial score (nSPS) is 10.2. The van der Waals surface area contributed by atoms with Crippen LogP contribution >= 0.6 is 0 Å². The number of nitrogens with zero attached hydrogens (tertiary/aromatic N) is 5. The van der Waals surface area contributed by atoms with E-state index in [-0.39, 0.29) is 12.2 Å². The maximum absolute atomic E-state index is 13.7. The topological polar surface area (TPSA) is 76.6 Å². The predicted octanol–water partition coefficient (Wildman–Crippen LogP) is 2.25. The number of hydrogen-bond donors (Lipinski definition) is 0. The minimum Gasteiger partial charge on any atom is -0.489 e. The van der Waals surface area contributed by atoms with Crippen LogP contribution in [0.25, 0.3) is 5.69 Å². The van der Waals surface area contributed by atoms with Gasteiger partial charge in [0, 0.05) is 5.56 Å². The van der Waals surface area contributed by atoms with Gasteiger partial charge in [-0.15, -0.1) is 5.10 Å². The van der Waals surface area contributed by atoms with E-state index in [9.17, 15) is 4.39 Å². The SMILES string of the molecule is N#Cc1ccc(COc2ccc(-n3cnnn3)cc2)c(F)c1. The van der Waals surface area contributed by atoms with Crippen LogP contribution in [0, 0.1) is 17.1 Å². The van der Waals surface area contributed by atoms with E-state index in [0.717, 1.165) is 5.69 Å². The second-order valence-electron chi connectivity index (χ2n) is 4.45. The molecule has 2 aromatic carbocycles. The van der Waals surface area contributed by atoms with Crippen LogP contribution in [-0.4, -0.2) is 20.2 Å². The summed E-state index contributed by atoms with van der Waals surface area (Å²) in [4.78, 5) is 0. The van der Waals surface area contributed by atoms with Gasteiger partial charge < -0.3 is 4.74 Å². The molecule has 0 radical (unpaired) electrons. The van der Waals surface area contributed by atoms with Gasteiger partial charge >= 0.3 is 0 Å². The summed E-state index contributed by atoms with van der Waals surface area (Å²) >= 11 is 0. The summed E-state index contributed by atoms with van der Waals surface area (Å²) in [7, 11) is 0. The summed E-state index contributed by atoms with van der Waals surface area (Å²) in [6, 6.07) is 13.3. The van der Waals surface area contributed by atoms with Crippen LogP contribution in [0.3, 0.4) is 0 Å². The third kappa shape index (κ3) is 2.91. The van der Waals surface area contributed by atoms with E-state index >= 15 is 0 Å². The Kier molecular flexibility index (Phi) is 3.74. The molecule has 0 spiro atoms. The van der Waals surface area contributed by atoms with Crippen molar-refractivity contribution in [3.63, 3.8) is 0 Å². The highest BCUT2D eigenvalue weighted by atomic mass is 19.1. The van der Waals surface area contributed by atoms with Crippen LogP contribution < -0.4 is 4.74 Å². The Morgan fingerprint density at radius 3 is 2.64 bits per heavy atom. The van der Waals surface area contributed by atoms with E-state index < -0.39 is 5.82 Å². The Labute approximate surface area is 125 Å². The van der Waals surface area contributed by atoms with E-state index in [4.69, 9.17) is 10.00 Å². The van der Waals surface area contributed by atoms with Crippen molar-refractivity contribution in [1.82, 2.24) is 20.2 Å². The van der Waals surface area contributed by atoms with Gasteiger partial charge in [0.15, 0.2) is 0 Å². The molecule has 0 saturated carbocycles. The Morgan fingerprint density at radius 2 is 2.00 bits per heavy atom. The highest BCUT2D eigenvalue weighted by Gasteiger charge is 2.05. The van der Waals surface area contributed by atoms with Crippen molar-refractivity contribution in [1.29, 1.82) is 5.26 Å². The standard InChI is InChI=1S/C15H10FN5O/c16-15-7-11(8-17)1-2-12(15)9-22-14-5-3-13(4-6-14)21-10-18-19-20-21/h1-7,10H,9H2. The first-order valence-electron chi connectivity index (χ1n) is 6.41. The Morgan fingerprint density at radius 1 is 1.18 bits per heavy atom. The quantitative estimate of drug-likeness (QED) is 0.737. The van der Waals surface area contributed by atoms with Crippen molar-refractivity contribution in [3.05, 3.63) is 65.7 Å². The van der Waals surface area contributed by atoms with Gasteiger partial charge in [-0.3, -0.25) is 0 Å². The molecular formula is C15H10FN5O. The van der Waals surface area contributed by atoms with Crippen LogP contribution in [0.2, 0.25) is 0 Å². The van der Waals surface area contributed by atoms with Gasteiger partial charge in [0.1, 0.15) is 24.5 Å². The molecule has 3 aromatic rings. The van der Waals surface area contributed by atoms with E-state index in [1.54, 1.807) is 36.4 Å². The van der Waals surface area contributed by atoms with Crippen LogP contribution in [0.1, 0.15) is 11.1 Å². The molecule has 1 aromatic heterocycles. The summed E-state index contributed by atoms with van der Waals surface area (Å²) in [5, 5.41) is 19.6. The Hall–Kier alpha value is -3.27. The monoisotopic (exact) mass is 295 g/mol. The van der Waals surface area contributed by atoms with Crippen molar-refractivity contribution in [2.75, 3.05) is 0 Å². The van der Waals surface area contributed by atoms with Crippen molar-refractivity contribution < 1.29 is 9.13 Å². The van der Waals surface area contributed by atoms with E-state index in [1.807, 2.05) is 6.07 Å². The highest BCUT2D eigenvalue weighted by Crippen LogP contribution is 2.17. The van der Waals surface area contributed by atoms with Gasteiger partial charge in [-0.2, -0.15) is 5.26 Å². The smallest absolute Gasteiger partial charge is 0.143 e. The lowest BCUT2D eigenvalue weighted by Gasteiger charge is -2.08. The summed E-state index contributed by atoms with van der Waals surface area (Å²) in [5.74, 6) is 0.143. The minimum atomic E-state index is -0.454. The van der Waals surface area contributed by atoms with Crippen LogP contribution in [0.4, 0.5) is 4.39 Å². The van der Waals surface area contributed by atoms with Crippen molar-refractivity contribution in [3.8, 4) is 17.5 Å². The van der Waals surface area contributed by atoms with E-state index in [0.29, 0.717) is 11.3 Å². The fourth-order valence-electron chi connectivity index (χ4n) is 1.87. The third-order valence-electron chi connectivity index (χ3n) is 3.03. The summed E-state index contributed by atoms with van der Waals surface area (Å²) in [5.41, 5.74) is 1.47. The average Bonchev–Trinajstić information content (AvgIpc) is 3.08. The molecule has 0 unspecified atom stereocenters. The molecule has 0 fully saturated rings. The molecular weight excluding hydrogens is 285 g/mol. The molecule has 0 amide bonds. The zero-order valence-electron chi connectivity index (χ0n) is 11.3. The van der Waals surface area contributed by atoms with Gasteiger partial charge in [0.05, 0.1) is 17.3 Å². The maximum atomic E-state index is 13.7. The largest absolute Gasteiger partial charge is 0.489 e. The molecule has 0 N–H and O–H groups in total. The number of rotatable bonds is 4. The number of halogens is 1. The molecule has 6 nitrogen and oxygen atoms in total. The summed E-state index contributed by atoms with van der Waals surface area (Å²) in [6.45, 7) is 0.0851. The van der Waals surface area contributed by atoms with Crippen LogP contribution in [0.15, 0.2) is 48.8 Å². The number of ether oxygens (including phenoxy) is 1. The fraction of sp³-hybridized carbons (Fsp3) is 0.0667. The number of tetrazole rings is 1. The lowest BCUT2D eigenvalue weighted by Crippen LogP contribution is -2.00. The van der Waals surface area contributed by atoms with Crippen molar-refractivity contribution in [2.45, 2.75) is 6.61 Å². The Bertz CT molecular complexity index is 809. The average molecular weight is 295 g/mol. The van der Waals surface area contributed by atoms with Crippen molar-refractivity contribution >= 4 is 0 Å². The second kappa shape index (κ2) is 6.01. The van der Waals surface area contributed by atoms with Gasteiger partial charge in [0.25, 0.3) is 0 Å². The lowest BCUT2D eigenvalue weighted by molar-refractivity contribution is 0.300. The molecule has 0 aliphatic rings. The predicted molar refractivity (Wildman–Crippen MR) is 74.6 cm³/mol. The molecule has 0 bridgehead atoms. The number of nitriles is 1. The first-order valence-corrected chi connectivity index (χ1v) is 6.41. The third-order valence-corrected chi connectivity index (χ3v) is 3.03. The minimum absolute atomic E-state index is 0.0851. The molecule has 0 aliphatic carbocycles. The molecule has 0 saturated heterocycles. The van der Waals surface area contributed by atoms with E-state index in [1.165, 1.54) is 17.1 Å². The van der Waals surface area contributed by atoms with Crippen LogP contribution in [0.5, 0.6) is 5.75 Å². The van der Waals surface area contributed by atoms with Gasteiger partial charge in [-0.1, -0.05) is 6.07 Å². The first-order chi connectivity index (χ1) is 10.8. The molecule has 1 heterocycles. The molecule has 108 valence electrons. The molecule has 7 heteroatoms. The van der Waals surface area contributed by atoms with Gasteiger partial charge in [-0.05, 0) is 46.8 Å². The molecule has 22 heavy (non-hydrogen) atoms. The fourth-order valence-corrected chi connectivity index (χ4v) is 1.87. The lowest BCUT2D eigenvalue weighted by atomic mass is 10.1. The zero-order chi connectivity index (χ0) is 15.4. The van der Waals surface area contributed by atoms with Crippen LogP contribution in [-0.2, 0) is 6.61 Å². The number of hydrogen-bond acceptors (Lipinski definition) is 5. The Balaban J connectivity index is 1.68. The zero-order valence-corrected chi connectivity index (χ0v) is 11.3. The van der Waals surface area contributed by atoms with Gasteiger partial charge in [-0.25, -0.2) is 9.07 Å². The summed E-state index contributed by atoms with van der Waals surface area (Å²) < 4.78 is 20.8.